The highest BCUT2D eigenvalue weighted by molar-refractivity contribution is 5.73. The second-order valence-electron chi connectivity index (χ2n) is 19.9. The van der Waals surface area contributed by atoms with E-state index in [-0.39, 0.29) is 87.1 Å². The van der Waals surface area contributed by atoms with Crippen molar-refractivity contribution in [1.82, 2.24) is 39.2 Å². The third kappa shape index (κ3) is 30.4. The summed E-state index contributed by atoms with van der Waals surface area (Å²) in [4.78, 5) is 111. The standard InChI is InChI=1S/2C26H48N4O8/c1-5-25(6-2)17-27(13-21(31)32)9-11-29(15-23(35)36)19-26(7-3,8-4)20-30(16-24(37)38)12-10-28(18-25)14-22(33)34;1-5-35-23(31)19-27-11-9-12-29(21-25(33)37-7-3)17-18-30(22-26(34)38-8-4)14-10-13-28(16-15-27)20-24(32)36-6-2/h5-20H2,1-4H3,(H,31,32)(H,33,34)(H,35,36)(H,37,38);5-22H2,1-4H3. The van der Waals surface area contributed by atoms with E-state index in [1.165, 1.54) is 0 Å². The zero-order valence-electron chi connectivity index (χ0n) is 47.3. The van der Waals surface area contributed by atoms with Crippen LogP contribution in [-0.4, -0.2) is 291 Å². The molecular formula is C52H96N8O16. The maximum Gasteiger partial charge on any atom is 0.320 e. The topological polar surface area (TPSA) is 280 Å². The lowest BCUT2D eigenvalue weighted by molar-refractivity contribution is -0.146. The normalized spacial score (nSPS) is 19.4. The molecular weight excluding hydrogens is 993 g/mol. The molecule has 2 rings (SSSR count). The molecule has 2 heterocycles. The number of aliphatic carboxylic acids is 4. The molecule has 4 N–H and O–H groups in total. The number of carbonyl (C=O) groups is 8. The molecule has 0 aromatic rings. The van der Waals surface area contributed by atoms with E-state index in [1.54, 1.807) is 27.7 Å². The third-order valence-corrected chi connectivity index (χ3v) is 14.1. The van der Waals surface area contributed by atoms with Gasteiger partial charge in [-0.2, -0.15) is 0 Å². The smallest absolute Gasteiger partial charge is 0.320 e. The Morgan fingerprint density at radius 3 is 0.645 bits per heavy atom. The second kappa shape index (κ2) is 38.9. The lowest BCUT2D eigenvalue weighted by Crippen LogP contribution is -2.53. The second-order valence-corrected chi connectivity index (χ2v) is 19.9. The van der Waals surface area contributed by atoms with E-state index in [0.717, 1.165) is 0 Å². The van der Waals surface area contributed by atoms with Crippen LogP contribution in [0.4, 0.5) is 0 Å². The van der Waals surface area contributed by atoms with Gasteiger partial charge in [0.2, 0.25) is 0 Å². The van der Waals surface area contributed by atoms with Crippen LogP contribution in [0.15, 0.2) is 0 Å². The van der Waals surface area contributed by atoms with Gasteiger partial charge in [0, 0.05) is 105 Å². The van der Waals surface area contributed by atoms with Crippen molar-refractivity contribution in [1.29, 1.82) is 0 Å². The fourth-order valence-electron chi connectivity index (χ4n) is 9.82. The number of ether oxygens (including phenoxy) is 4. The van der Waals surface area contributed by atoms with Crippen LogP contribution in [0, 0.1) is 10.8 Å². The number of rotatable bonds is 24. The SMILES string of the molecule is CCC1(CC)CN(CC(=O)O)CCN(CC(=O)O)CC(CC)(CC)CN(CC(=O)O)CCN(CC(=O)O)C1.CCOC(=O)CN1CCCN(CC(=O)OCC)CCN(CC(=O)OCC)CCCN(CC(=O)OCC)CC1. The number of hydrogen-bond acceptors (Lipinski definition) is 20. The van der Waals surface area contributed by atoms with Gasteiger partial charge in [-0.1, -0.05) is 27.7 Å². The van der Waals surface area contributed by atoms with Crippen LogP contribution in [0.1, 0.15) is 93.9 Å². The van der Waals surface area contributed by atoms with E-state index in [4.69, 9.17) is 18.9 Å². The maximum atomic E-state index is 12.2. The Balaban J connectivity index is 0.000000760. The van der Waals surface area contributed by atoms with Crippen LogP contribution in [0.2, 0.25) is 0 Å². The fraction of sp³-hybridized carbons (Fsp3) is 0.846. The molecule has 440 valence electrons. The average Bonchev–Trinajstić information content (AvgIpc) is 3.34. The van der Waals surface area contributed by atoms with E-state index in [1.807, 2.05) is 66.9 Å². The quantitative estimate of drug-likeness (QED) is 0.0785. The highest BCUT2D eigenvalue weighted by Gasteiger charge is 2.36. The van der Waals surface area contributed by atoms with E-state index >= 15 is 0 Å². The fourth-order valence-corrected chi connectivity index (χ4v) is 9.82. The summed E-state index contributed by atoms with van der Waals surface area (Å²) in [5, 5.41) is 38.4. The summed E-state index contributed by atoms with van der Waals surface area (Å²) in [6, 6.07) is 0. The number of carboxylic acids is 4. The molecule has 2 fully saturated rings. The van der Waals surface area contributed by atoms with Crippen molar-refractivity contribution in [2.24, 2.45) is 10.8 Å². The van der Waals surface area contributed by atoms with Gasteiger partial charge < -0.3 is 39.4 Å². The van der Waals surface area contributed by atoms with Crippen molar-refractivity contribution in [3.8, 4) is 0 Å². The van der Waals surface area contributed by atoms with Crippen molar-refractivity contribution in [3.05, 3.63) is 0 Å². The van der Waals surface area contributed by atoms with Crippen LogP contribution >= 0.6 is 0 Å². The molecule has 2 aliphatic heterocycles. The molecule has 0 radical (unpaired) electrons. The van der Waals surface area contributed by atoms with E-state index in [2.05, 4.69) is 0 Å². The van der Waals surface area contributed by atoms with Crippen LogP contribution in [0.3, 0.4) is 0 Å². The minimum atomic E-state index is -0.972. The highest BCUT2D eigenvalue weighted by atomic mass is 16.5. The summed E-state index contributed by atoms with van der Waals surface area (Å²) in [5.41, 5.74) is -0.776. The molecule has 0 aliphatic carbocycles. The lowest BCUT2D eigenvalue weighted by Gasteiger charge is -2.44. The molecule has 0 spiro atoms. The molecule has 2 saturated heterocycles. The van der Waals surface area contributed by atoms with Crippen LogP contribution < -0.4 is 0 Å². The van der Waals surface area contributed by atoms with Gasteiger partial charge >= 0.3 is 47.8 Å². The monoisotopic (exact) mass is 1090 g/mol. The van der Waals surface area contributed by atoms with Gasteiger partial charge in [0.1, 0.15) is 0 Å². The van der Waals surface area contributed by atoms with Gasteiger partial charge in [0.05, 0.1) is 78.8 Å². The Bertz CT molecular complexity index is 1500. The summed E-state index contributed by atoms with van der Waals surface area (Å²) in [5.74, 6) is -5.04. The minimum absolute atomic E-state index is 0.159. The Hall–Kier alpha value is -4.56. The summed E-state index contributed by atoms with van der Waals surface area (Å²) >= 11 is 0. The third-order valence-electron chi connectivity index (χ3n) is 14.1. The largest absolute Gasteiger partial charge is 0.480 e. The van der Waals surface area contributed by atoms with Crippen LogP contribution in [0.5, 0.6) is 0 Å². The first kappa shape index (κ1) is 69.5. The Kier molecular flexibility index (Phi) is 35.6. The number of carboxylic acid groups (broad SMARTS) is 4. The molecule has 24 heteroatoms. The zero-order chi connectivity index (χ0) is 57.1. The first-order chi connectivity index (χ1) is 36.1. The maximum absolute atomic E-state index is 12.2. The van der Waals surface area contributed by atoms with Gasteiger partial charge in [-0.25, -0.2) is 0 Å². The van der Waals surface area contributed by atoms with Gasteiger partial charge in [0.15, 0.2) is 0 Å². The molecule has 0 aromatic carbocycles. The van der Waals surface area contributed by atoms with Crippen molar-refractivity contribution in [3.63, 3.8) is 0 Å². The molecule has 0 atom stereocenters. The molecule has 76 heavy (non-hydrogen) atoms. The Morgan fingerprint density at radius 2 is 0.487 bits per heavy atom. The number of esters is 4. The van der Waals surface area contributed by atoms with Crippen molar-refractivity contribution in [2.75, 3.05) is 184 Å². The molecule has 0 bridgehead atoms. The number of hydrogen-bond donors (Lipinski definition) is 4. The Labute approximate surface area is 451 Å². The predicted molar refractivity (Wildman–Crippen MR) is 284 cm³/mol. The van der Waals surface area contributed by atoms with Crippen LogP contribution in [0.25, 0.3) is 0 Å². The first-order valence-corrected chi connectivity index (χ1v) is 27.4. The minimum Gasteiger partial charge on any atom is -0.480 e. The number of nitrogens with zero attached hydrogens (tertiary/aromatic N) is 8. The average molecular weight is 1090 g/mol. The van der Waals surface area contributed by atoms with Gasteiger partial charge in [-0.15, -0.1) is 0 Å². The Morgan fingerprint density at radius 1 is 0.303 bits per heavy atom. The van der Waals surface area contributed by atoms with E-state index in [0.29, 0.717) is 170 Å². The molecule has 0 saturated carbocycles. The summed E-state index contributed by atoms with van der Waals surface area (Å²) < 4.78 is 20.6. The summed E-state index contributed by atoms with van der Waals surface area (Å²) in [6.07, 6.45) is 4.22. The summed E-state index contributed by atoms with van der Waals surface area (Å²) in [7, 11) is 0. The van der Waals surface area contributed by atoms with Crippen LogP contribution in [-0.2, 0) is 57.3 Å². The van der Waals surface area contributed by atoms with E-state index < -0.39 is 23.9 Å². The molecule has 2 aliphatic rings. The zero-order valence-corrected chi connectivity index (χ0v) is 47.3. The van der Waals surface area contributed by atoms with Gasteiger partial charge in [0.25, 0.3) is 0 Å². The summed E-state index contributed by atoms with van der Waals surface area (Å²) in [6.45, 7) is 24.2. The molecule has 0 aromatic heterocycles. The van der Waals surface area contributed by atoms with Gasteiger partial charge in [-0.3, -0.25) is 77.6 Å². The van der Waals surface area contributed by atoms with Crippen molar-refractivity contribution in [2.45, 2.75) is 93.9 Å². The number of carbonyl (C=O) groups excluding carboxylic acids is 4. The van der Waals surface area contributed by atoms with Crippen molar-refractivity contribution >= 4 is 47.8 Å². The molecule has 0 unspecified atom stereocenters. The van der Waals surface area contributed by atoms with Gasteiger partial charge in [-0.05, 0) is 77.0 Å². The predicted octanol–water partition coefficient (Wildman–Crippen LogP) is 1.40. The lowest BCUT2D eigenvalue weighted by atomic mass is 9.80. The highest BCUT2D eigenvalue weighted by Crippen LogP contribution is 2.32. The first-order valence-electron chi connectivity index (χ1n) is 27.4. The van der Waals surface area contributed by atoms with Crippen molar-refractivity contribution < 1.29 is 77.7 Å². The molecule has 0 amide bonds. The molecule has 24 nitrogen and oxygen atoms in total. The van der Waals surface area contributed by atoms with E-state index in [9.17, 15) is 58.8 Å².